The summed E-state index contributed by atoms with van der Waals surface area (Å²) in [6.45, 7) is 2.45. The van der Waals surface area contributed by atoms with E-state index in [1.165, 1.54) is 0 Å². The lowest BCUT2D eigenvalue weighted by Crippen LogP contribution is -2.41. The van der Waals surface area contributed by atoms with E-state index in [2.05, 4.69) is 0 Å². The van der Waals surface area contributed by atoms with Gasteiger partial charge in [0, 0.05) is 18.1 Å². The summed E-state index contributed by atoms with van der Waals surface area (Å²) < 4.78 is 5.48. The number of nitrogens with zero attached hydrogens (tertiary/aromatic N) is 1. The van der Waals surface area contributed by atoms with Crippen LogP contribution in [-0.4, -0.2) is 37.0 Å². The lowest BCUT2D eigenvalue weighted by molar-refractivity contribution is -0.134. The lowest BCUT2D eigenvalue weighted by atomic mass is 9.94. The van der Waals surface area contributed by atoms with Gasteiger partial charge in [-0.1, -0.05) is 11.6 Å². The fraction of sp³-hybridized carbons (Fsp3) is 0.533. The van der Waals surface area contributed by atoms with Gasteiger partial charge in [-0.3, -0.25) is 4.79 Å². The number of carbonyl (C=O) groups is 1. The molecular formula is C15H21ClN2O2. The minimum atomic E-state index is 0.0474. The first-order chi connectivity index (χ1) is 9.69. The molecule has 0 atom stereocenters. The molecule has 110 valence electrons. The van der Waals surface area contributed by atoms with Crippen molar-refractivity contribution in [2.75, 3.05) is 26.2 Å². The Balaban J connectivity index is 1.74. The van der Waals surface area contributed by atoms with Gasteiger partial charge in [-0.05, 0) is 56.0 Å². The monoisotopic (exact) mass is 296 g/mol. The van der Waals surface area contributed by atoms with Crippen molar-refractivity contribution in [3.05, 3.63) is 29.3 Å². The van der Waals surface area contributed by atoms with Gasteiger partial charge in [0.2, 0.25) is 0 Å². The summed E-state index contributed by atoms with van der Waals surface area (Å²) in [5.41, 5.74) is 5.57. The first-order valence-corrected chi connectivity index (χ1v) is 7.43. The van der Waals surface area contributed by atoms with E-state index < -0.39 is 0 Å². The maximum atomic E-state index is 12.1. The molecule has 0 bridgehead atoms. The van der Waals surface area contributed by atoms with Crippen molar-refractivity contribution in [2.45, 2.75) is 19.3 Å². The third-order valence-electron chi connectivity index (χ3n) is 3.72. The lowest BCUT2D eigenvalue weighted by Gasteiger charge is -2.31. The molecule has 1 aromatic carbocycles. The van der Waals surface area contributed by atoms with Crippen LogP contribution in [0.25, 0.3) is 0 Å². The minimum absolute atomic E-state index is 0.0474. The molecule has 1 amide bonds. The van der Waals surface area contributed by atoms with Crippen molar-refractivity contribution in [3.8, 4) is 5.75 Å². The predicted molar refractivity (Wildman–Crippen MR) is 79.9 cm³/mol. The van der Waals surface area contributed by atoms with Gasteiger partial charge < -0.3 is 15.4 Å². The Labute approximate surface area is 124 Å². The number of carbonyl (C=O) groups excluding carboxylic acids is 1. The van der Waals surface area contributed by atoms with Crippen molar-refractivity contribution in [2.24, 2.45) is 11.7 Å². The standard InChI is InChI=1S/C15H21ClN2O2/c16-13-1-3-14(4-2-13)20-11-15(19)18-9-6-12(5-8-17)7-10-18/h1-4,12H,5-11,17H2. The molecule has 20 heavy (non-hydrogen) atoms. The molecule has 2 N–H and O–H groups in total. The first kappa shape index (κ1) is 15.1. The van der Waals surface area contributed by atoms with Crippen molar-refractivity contribution in [1.29, 1.82) is 0 Å². The van der Waals surface area contributed by atoms with Gasteiger partial charge in [-0.15, -0.1) is 0 Å². The normalized spacial score (nSPS) is 16.2. The molecular weight excluding hydrogens is 276 g/mol. The average Bonchev–Trinajstić information content (AvgIpc) is 2.47. The molecule has 1 aromatic rings. The molecule has 1 fully saturated rings. The van der Waals surface area contributed by atoms with Crippen molar-refractivity contribution >= 4 is 17.5 Å². The summed E-state index contributed by atoms with van der Waals surface area (Å²) in [7, 11) is 0. The van der Waals surface area contributed by atoms with Gasteiger partial charge >= 0.3 is 0 Å². The van der Waals surface area contributed by atoms with Crippen LogP contribution in [0, 0.1) is 5.92 Å². The average molecular weight is 297 g/mol. The van der Waals surface area contributed by atoms with E-state index in [1.807, 2.05) is 4.90 Å². The number of benzene rings is 1. The summed E-state index contributed by atoms with van der Waals surface area (Å²) in [4.78, 5) is 13.9. The van der Waals surface area contributed by atoms with Crippen LogP contribution in [0.5, 0.6) is 5.75 Å². The zero-order valence-corrected chi connectivity index (χ0v) is 12.3. The largest absolute Gasteiger partial charge is 0.484 e. The number of hydrogen-bond acceptors (Lipinski definition) is 3. The Kier molecular flexibility index (Phi) is 5.68. The van der Waals surface area contributed by atoms with E-state index >= 15 is 0 Å². The second kappa shape index (κ2) is 7.50. The topological polar surface area (TPSA) is 55.6 Å². The quantitative estimate of drug-likeness (QED) is 0.907. The number of piperidine rings is 1. The number of halogens is 1. The molecule has 0 aliphatic carbocycles. The van der Waals surface area contributed by atoms with Crippen LogP contribution in [-0.2, 0) is 4.79 Å². The van der Waals surface area contributed by atoms with Gasteiger partial charge in [0.05, 0.1) is 0 Å². The summed E-state index contributed by atoms with van der Waals surface area (Å²) in [6, 6.07) is 7.03. The number of hydrogen-bond donors (Lipinski definition) is 1. The Morgan fingerprint density at radius 2 is 1.95 bits per heavy atom. The van der Waals surface area contributed by atoms with Crippen LogP contribution in [0.1, 0.15) is 19.3 Å². The fourth-order valence-electron chi connectivity index (χ4n) is 2.47. The number of amides is 1. The van der Waals surface area contributed by atoms with Crippen LogP contribution in [0.3, 0.4) is 0 Å². The van der Waals surface area contributed by atoms with Gasteiger partial charge in [-0.2, -0.15) is 0 Å². The van der Waals surface area contributed by atoms with E-state index in [9.17, 15) is 4.79 Å². The second-order valence-electron chi connectivity index (χ2n) is 5.14. The van der Waals surface area contributed by atoms with E-state index in [4.69, 9.17) is 22.1 Å². The van der Waals surface area contributed by atoms with Crippen LogP contribution >= 0.6 is 11.6 Å². The van der Waals surface area contributed by atoms with Crippen molar-refractivity contribution < 1.29 is 9.53 Å². The van der Waals surface area contributed by atoms with Crippen molar-refractivity contribution in [3.63, 3.8) is 0 Å². The van der Waals surface area contributed by atoms with Crippen molar-refractivity contribution in [1.82, 2.24) is 4.90 Å². The molecule has 2 rings (SSSR count). The summed E-state index contributed by atoms with van der Waals surface area (Å²) in [5.74, 6) is 1.38. The number of rotatable bonds is 5. The fourth-order valence-corrected chi connectivity index (χ4v) is 2.60. The minimum Gasteiger partial charge on any atom is -0.484 e. The molecule has 0 aromatic heterocycles. The van der Waals surface area contributed by atoms with Gasteiger partial charge in [-0.25, -0.2) is 0 Å². The third-order valence-corrected chi connectivity index (χ3v) is 3.97. The second-order valence-corrected chi connectivity index (χ2v) is 5.58. The molecule has 5 heteroatoms. The molecule has 1 saturated heterocycles. The molecule has 0 saturated carbocycles. The summed E-state index contributed by atoms with van der Waals surface area (Å²) in [5, 5.41) is 0.658. The SMILES string of the molecule is NCCC1CCN(C(=O)COc2ccc(Cl)cc2)CC1. The van der Waals surface area contributed by atoms with Crippen LogP contribution in [0.4, 0.5) is 0 Å². The molecule has 0 unspecified atom stereocenters. The van der Waals surface area contributed by atoms with E-state index in [0.29, 0.717) is 16.7 Å². The molecule has 0 spiro atoms. The number of nitrogens with two attached hydrogens (primary N) is 1. The first-order valence-electron chi connectivity index (χ1n) is 7.05. The highest BCUT2D eigenvalue weighted by molar-refractivity contribution is 6.30. The summed E-state index contributed by atoms with van der Waals surface area (Å²) >= 11 is 5.80. The predicted octanol–water partition coefficient (Wildman–Crippen LogP) is 2.31. The number of likely N-dealkylation sites (tertiary alicyclic amines) is 1. The van der Waals surface area contributed by atoms with Crippen LogP contribution in [0.15, 0.2) is 24.3 Å². The molecule has 4 nitrogen and oxygen atoms in total. The van der Waals surface area contributed by atoms with Gasteiger partial charge in [0.1, 0.15) is 5.75 Å². The Bertz CT molecular complexity index is 428. The smallest absolute Gasteiger partial charge is 0.260 e. The molecule has 1 aliphatic rings. The van der Waals surface area contributed by atoms with E-state index in [-0.39, 0.29) is 12.5 Å². The zero-order chi connectivity index (χ0) is 14.4. The third kappa shape index (κ3) is 4.39. The highest BCUT2D eigenvalue weighted by atomic mass is 35.5. The highest BCUT2D eigenvalue weighted by Crippen LogP contribution is 2.20. The van der Waals surface area contributed by atoms with Crippen LogP contribution in [0.2, 0.25) is 5.02 Å². The number of ether oxygens (including phenoxy) is 1. The van der Waals surface area contributed by atoms with E-state index in [1.54, 1.807) is 24.3 Å². The Morgan fingerprint density at radius 3 is 2.55 bits per heavy atom. The van der Waals surface area contributed by atoms with Crippen LogP contribution < -0.4 is 10.5 Å². The molecule has 0 radical (unpaired) electrons. The molecule has 1 heterocycles. The molecule has 1 aliphatic heterocycles. The zero-order valence-electron chi connectivity index (χ0n) is 11.6. The van der Waals surface area contributed by atoms with E-state index in [0.717, 1.165) is 38.9 Å². The van der Waals surface area contributed by atoms with Gasteiger partial charge in [0.15, 0.2) is 6.61 Å². The Hall–Kier alpha value is -1.26. The Morgan fingerprint density at radius 1 is 1.30 bits per heavy atom. The highest BCUT2D eigenvalue weighted by Gasteiger charge is 2.22. The maximum absolute atomic E-state index is 12.1. The maximum Gasteiger partial charge on any atom is 0.260 e. The van der Waals surface area contributed by atoms with Gasteiger partial charge in [0.25, 0.3) is 5.91 Å². The summed E-state index contributed by atoms with van der Waals surface area (Å²) in [6.07, 6.45) is 3.15.